The molecule has 1 N–H and O–H groups in total. The van der Waals surface area contributed by atoms with Gasteiger partial charge in [0.05, 0.1) is 5.56 Å². The highest BCUT2D eigenvalue weighted by Crippen LogP contribution is 2.26. The number of benzene rings is 1. The molecule has 0 radical (unpaired) electrons. The zero-order valence-electron chi connectivity index (χ0n) is 11.3. The summed E-state index contributed by atoms with van der Waals surface area (Å²) in [4.78, 5) is 16.1. The summed E-state index contributed by atoms with van der Waals surface area (Å²) in [6.45, 7) is 6.20. The van der Waals surface area contributed by atoms with Crippen LogP contribution in [0.1, 0.15) is 28.8 Å². The summed E-state index contributed by atoms with van der Waals surface area (Å²) in [5.74, 6) is -0.834. The molecule has 0 bridgehead atoms. The number of fused-ring (bicyclic) bond motifs is 1. The Bertz CT molecular complexity index is 501. The summed E-state index contributed by atoms with van der Waals surface area (Å²) in [6.07, 6.45) is 2.57. The number of carboxylic acids is 1. The van der Waals surface area contributed by atoms with Gasteiger partial charge in [0.2, 0.25) is 0 Å². The van der Waals surface area contributed by atoms with E-state index in [1.54, 1.807) is 0 Å². The van der Waals surface area contributed by atoms with Crippen molar-refractivity contribution >= 4 is 11.7 Å². The average molecular weight is 260 g/mol. The molecule has 0 spiro atoms. The number of piperazine rings is 1. The van der Waals surface area contributed by atoms with Gasteiger partial charge in [0.1, 0.15) is 0 Å². The van der Waals surface area contributed by atoms with E-state index in [1.807, 2.05) is 25.1 Å². The molecule has 4 nitrogen and oxygen atoms in total. The second kappa shape index (κ2) is 4.85. The molecule has 0 aromatic heterocycles. The van der Waals surface area contributed by atoms with E-state index >= 15 is 0 Å². The molecule has 1 aromatic rings. The van der Waals surface area contributed by atoms with Crippen molar-refractivity contribution in [2.45, 2.75) is 25.8 Å². The van der Waals surface area contributed by atoms with Crippen LogP contribution in [0, 0.1) is 6.92 Å². The smallest absolute Gasteiger partial charge is 0.336 e. The van der Waals surface area contributed by atoms with E-state index < -0.39 is 5.97 Å². The van der Waals surface area contributed by atoms with E-state index in [9.17, 15) is 9.90 Å². The van der Waals surface area contributed by atoms with Crippen molar-refractivity contribution in [3.05, 3.63) is 29.3 Å². The van der Waals surface area contributed by atoms with Crippen LogP contribution in [0.4, 0.5) is 5.69 Å². The fraction of sp³-hybridized carbons (Fsp3) is 0.533. The number of aromatic carboxylic acids is 1. The van der Waals surface area contributed by atoms with Crippen LogP contribution in [0.2, 0.25) is 0 Å². The molecular formula is C15H20N2O2. The van der Waals surface area contributed by atoms with Crippen LogP contribution in [0.3, 0.4) is 0 Å². The monoisotopic (exact) mass is 260 g/mol. The number of rotatable bonds is 2. The normalized spacial score (nSPS) is 23.4. The van der Waals surface area contributed by atoms with Crippen molar-refractivity contribution in [1.82, 2.24) is 4.90 Å². The summed E-state index contributed by atoms with van der Waals surface area (Å²) in [5.41, 5.74) is 2.30. The molecule has 0 unspecified atom stereocenters. The zero-order chi connectivity index (χ0) is 13.4. The van der Waals surface area contributed by atoms with Gasteiger partial charge in [0.25, 0.3) is 0 Å². The van der Waals surface area contributed by atoms with E-state index in [1.165, 1.54) is 19.4 Å². The molecule has 102 valence electrons. The molecule has 0 amide bonds. The number of anilines is 1. The maximum Gasteiger partial charge on any atom is 0.336 e. The van der Waals surface area contributed by atoms with Crippen molar-refractivity contribution in [2.24, 2.45) is 0 Å². The van der Waals surface area contributed by atoms with E-state index in [4.69, 9.17) is 0 Å². The Morgan fingerprint density at radius 1 is 1.32 bits per heavy atom. The lowest BCUT2D eigenvalue weighted by Crippen LogP contribution is -2.50. The van der Waals surface area contributed by atoms with Crippen LogP contribution in [0.15, 0.2) is 18.2 Å². The molecular weight excluding hydrogens is 240 g/mol. The maximum absolute atomic E-state index is 11.2. The van der Waals surface area contributed by atoms with Crippen LogP contribution in [-0.4, -0.2) is 48.2 Å². The molecule has 1 atom stereocenters. The molecule has 3 rings (SSSR count). The number of nitrogens with zero attached hydrogens (tertiary/aromatic N) is 2. The minimum Gasteiger partial charge on any atom is -0.478 e. The lowest BCUT2D eigenvalue weighted by molar-refractivity contribution is 0.0696. The lowest BCUT2D eigenvalue weighted by Gasteiger charge is -2.39. The quantitative estimate of drug-likeness (QED) is 0.883. The van der Waals surface area contributed by atoms with Crippen LogP contribution < -0.4 is 4.90 Å². The number of aryl methyl sites for hydroxylation is 1. The minimum atomic E-state index is -0.834. The fourth-order valence-corrected chi connectivity index (χ4v) is 3.26. The first-order valence-corrected chi connectivity index (χ1v) is 6.98. The summed E-state index contributed by atoms with van der Waals surface area (Å²) in [7, 11) is 0. The van der Waals surface area contributed by atoms with Gasteiger partial charge in [-0.15, -0.1) is 0 Å². The second-order valence-corrected chi connectivity index (χ2v) is 5.58. The first-order valence-electron chi connectivity index (χ1n) is 6.98. The molecule has 2 fully saturated rings. The highest BCUT2D eigenvalue weighted by molar-refractivity contribution is 5.90. The zero-order valence-corrected chi connectivity index (χ0v) is 11.3. The molecule has 19 heavy (non-hydrogen) atoms. The van der Waals surface area contributed by atoms with Crippen molar-refractivity contribution in [3.8, 4) is 0 Å². The van der Waals surface area contributed by atoms with Crippen LogP contribution >= 0.6 is 0 Å². The summed E-state index contributed by atoms with van der Waals surface area (Å²) in [6, 6.07) is 6.44. The Hall–Kier alpha value is -1.55. The van der Waals surface area contributed by atoms with Gasteiger partial charge in [-0.25, -0.2) is 4.79 Å². The lowest BCUT2D eigenvalue weighted by atomic mass is 10.1. The van der Waals surface area contributed by atoms with Gasteiger partial charge >= 0.3 is 5.97 Å². The molecule has 0 aliphatic carbocycles. The summed E-state index contributed by atoms with van der Waals surface area (Å²) in [5, 5.41) is 9.21. The van der Waals surface area contributed by atoms with E-state index in [2.05, 4.69) is 9.80 Å². The predicted molar refractivity (Wildman–Crippen MR) is 74.9 cm³/mol. The van der Waals surface area contributed by atoms with Gasteiger partial charge in [-0.1, -0.05) is 6.07 Å². The number of hydrogen-bond acceptors (Lipinski definition) is 3. The second-order valence-electron chi connectivity index (χ2n) is 5.58. The Labute approximate surface area is 113 Å². The number of carbonyl (C=O) groups is 1. The third-order valence-electron chi connectivity index (χ3n) is 4.40. The molecule has 2 heterocycles. The molecule has 4 heteroatoms. The maximum atomic E-state index is 11.2. The van der Waals surface area contributed by atoms with Crippen LogP contribution in [0.5, 0.6) is 0 Å². The van der Waals surface area contributed by atoms with Gasteiger partial charge in [-0.05, 0) is 44.0 Å². The highest BCUT2D eigenvalue weighted by Gasteiger charge is 2.30. The summed E-state index contributed by atoms with van der Waals surface area (Å²) >= 11 is 0. The Kier molecular flexibility index (Phi) is 3.19. The van der Waals surface area contributed by atoms with E-state index in [0.717, 1.165) is 30.9 Å². The highest BCUT2D eigenvalue weighted by atomic mass is 16.4. The van der Waals surface area contributed by atoms with Crippen molar-refractivity contribution in [3.63, 3.8) is 0 Å². The van der Waals surface area contributed by atoms with Gasteiger partial charge in [-0.3, -0.25) is 4.90 Å². The topological polar surface area (TPSA) is 43.8 Å². The van der Waals surface area contributed by atoms with E-state index in [-0.39, 0.29) is 0 Å². The van der Waals surface area contributed by atoms with Gasteiger partial charge in [0.15, 0.2) is 0 Å². The van der Waals surface area contributed by atoms with Gasteiger partial charge < -0.3 is 10.0 Å². The van der Waals surface area contributed by atoms with Crippen molar-refractivity contribution in [1.29, 1.82) is 0 Å². The Morgan fingerprint density at radius 2 is 2.16 bits per heavy atom. The van der Waals surface area contributed by atoms with Gasteiger partial charge in [-0.2, -0.15) is 0 Å². The van der Waals surface area contributed by atoms with Gasteiger partial charge in [0, 0.05) is 31.4 Å². The Morgan fingerprint density at radius 3 is 2.95 bits per heavy atom. The van der Waals surface area contributed by atoms with Crippen molar-refractivity contribution in [2.75, 3.05) is 31.1 Å². The molecule has 2 saturated heterocycles. The first-order chi connectivity index (χ1) is 9.15. The summed E-state index contributed by atoms with van der Waals surface area (Å²) < 4.78 is 0. The number of hydrogen-bond donors (Lipinski definition) is 1. The molecule has 1 aromatic carbocycles. The molecule has 2 aliphatic rings. The number of carboxylic acid groups (broad SMARTS) is 1. The fourth-order valence-electron chi connectivity index (χ4n) is 3.26. The van der Waals surface area contributed by atoms with Crippen LogP contribution in [0.25, 0.3) is 0 Å². The molecule has 2 aliphatic heterocycles. The Balaban J connectivity index is 1.82. The largest absolute Gasteiger partial charge is 0.478 e. The third-order valence-corrected chi connectivity index (χ3v) is 4.40. The first kappa shape index (κ1) is 12.5. The average Bonchev–Trinajstić information content (AvgIpc) is 2.86. The van der Waals surface area contributed by atoms with Crippen molar-refractivity contribution < 1.29 is 9.90 Å². The standard InChI is InChI=1S/C15H20N2O2/c1-11-4-5-12(9-14(11)15(18)19)17-8-7-16-6-2-3-13(16)10-17/h4-5,9,13H,2-3,6-8,10H2,1H3,(H,18,19)/t13-/m0/s1. The third kappa shape index (κ3) is 2.32. The van der Waals surface area contributed by atoms with E-state index in [0.29, 0.717) is 11.6 Å². The SMILES string of the molecule is Cc1ccc(N2CCN3CCC[C@H]3C2)cc1C(=O)O. The predicted octanol–water partition coefficient (Wildman–Crippen LogP) is 1.98. The minimum absolute atomic E-state index is 0.423. The van der Waals surface area contributed by atoms with Crippen LogP contribution in [-0.2, 0) is 0 Å². The molecule has 0 saturated carbocycles.